The van der Waals surface area contributed by atoms with E-state index in [2.05, 4.69) is 5.10 Å². The van der Waals surface area contributed by atoms with Crippen LogP contribution in [0.3, 0.4) is 0 Å². The van der Waals surface area contributed by atoms with Crippen molar-refractivity contribution in [2.24, 2.45) is 5.92 Å². The summed E-state index contributed by atoms with van der Waals surface area (Å²) in [5.74, 6) is -1.75. The number of hydrogen-bond acceptors (Lipinski definition) is 3. The molecule has 2 heterocycles. The summed E-state index contributed by atoms with van der Waals surface area (Å²) in [6, 6.07) is -0.630. The van der Waals surface area contributed by atoms with Gasteiger partial charge in [-0.3, -0.25) is 4.68 Å². The van der Waals surface area contributed by atoms with E-state index in [0.717, 1.165) is 23.1 Å². The van der Waals surface area contributed by atoms with E-state index in [9.17, 15) is 18.0 Å². The van der Waals surface area contributed by atoms with Crippen LogP contribution in [-0.4, -0.2) is 39.3 Å². The Morgan fingerprint density at radius 2 is 2.18 bits per heavy atom. The van der Waals surface area contributed by atoms with Gasteiger partial charge in [0, 0.05) is 25.2 Å². The molecule has 22 heavy (non-hydrogen) atoms. The average Bonchev–Trinajstić information content (AvgIpc) is 3.02. The molecule has 1 aromatic rings. The Hall–Kier alpha value is -2.25. The zero-order valence-corrected chi connectivity index (χ0v) is 11.7. The number of rotatable bonds is 2. The highest BCUT2D eigenvalue weighted by Crippen LogP contribution is 2.42. The molecule has 0 amide bonds. The quantitative estimate of drug-likeness (QED) is 0.911. The van der Waals surface area contributed by atoms with Crippen LogP contribution in [0.5, 0.6) is 0 Å². The summed E-state index contributed by atoms with van der Waals surface area (Å²) in [5.41, 5.74) is -1.07. The molecular weight excluding hydrogens is 299 g/mol. The molecule has 8 heteroatoms. The van der Waals surface area contributed by atoms with Crippen LogP contribution in [0.25, 0.3) is 0 Å². The van der Waals surface area contributed by atoms with Crippen molar-refractivity contribution in [2.75, 3.05) is 13.6 Å². The number of aromatic carboxylic acids is 1. The highest BCUT2D eigenvalue weighted by Gasteiger charge is 2.44. The van der Waals surface area contributed by atoms with E-state index in [1.54, 1.807) is 12.2 Å². The lowest BCUT2D eigenvalue weighted by atomic mass is 9.91. The number of halogens is 3. The third-order valence-electron chi connectivity index (χ3n) is 4.16. The van der Waals surface area contributed by atoms with Crippen molar-refractivity contribution in [2.45, 2.75) is 18.6 Å². The first kappa shape index (κ1) is 14.7. The summed E-state index contributed by atoms with van der Waals surface area (Å²) in [7, 11) is 1.89. The molecule has 1 saturated heterocycles. The topological polar surface area (TPSA) is 58.4 Å². The highest BCUT2D eigenvalue weighted by atomic mass is 19.4. The first-order valence-electron chi connectivity index (χ1n) is 6.78. The van der Waals surface area contributed by atoms with Crippen molar-refractivity contribution < 1.29 is 23.1 Å². The second kappa shape index (κ2) is 4.89. The molecule has 2 atom stereocenters. The summed E-state index contributed by atoms with van der Waals surface area (Å²) in [5, 5.41) is 12.7. The molecule has 0 saturated carbocycles. The van der Waals surface area contributed by atoms with Crippen LogP contribution in [-0.2, 0) is 6.18 Å². The van der Waals surface area contributed by atoms with Crippen molar-refractivity contribution in [3.05, 3.63) is 41.4 Å². The molecule has 0 spiro atoms. The van der Waals surface area contributed by atoms with Gasteiger partial charge in [-0.05, 0) is 12.5 Å². The summed E-state index contributed by atoms with van der Waals surface area (Å²) in [4.78, 5) is 13.0. The van der Waals surface area contributed by atoms with Gasteiger partial charge in [0.25, 0.3) is 0 Å². The maximum absolute atomic E-state index is 13.3. The van der Waals surface area contributed by atoms with Gasteiger partial charge in [-0.2, -0.15) is 18.3 Å². The fourth-order valence-corrected chi connectivity index (χ4v) is 3.17. The lowest BCUT2D eigenvalue weighted by Gasteiger charge is -2.28. The summed E-state index contributed by atoms with van der Waals surface area (Å²) < 4.78 is 40.7. The molecule has 1 aliphatic carbocycles. The molecule has 5 nitrogen and oxygen atoms in total. The van der Waals surface area contributed by atoms with Crippen molar-refractivity contribution in [3.63, 3.8) is 0 Å². The number of nitrogens with zero attached hydrogens (tertiary/aromatic N) is 3. The molecule has 1 fully saturated rings. The third-order valence-corrected chi connectivity index (χ3v) is 4.16. The van der Waals surface area contributed by atoms with Crippen LogP contribution in [0.1, 0.15) is 28.5 Å². The van der Waals surface area contributed by atoms with Crippen molar-refractivity contribution in [1.82, 2.24) is 14.7 Å². The Labute approximate surface area is 124 Å². The number of carbonyl (C=O) groups is 1. The van der Waals surface area contributed by atoms with Crippen molar-refractivity contribution in [3.8, 4) is 0 Å². The van der Waals surface area contributed by atoms with Gasteiger partial charge in [0.05, 0.1) is 12.2 Å². The number of aromatic nitrogens is 2. The van der Waals surface area contributed by atoms with E-state index >= 15 is 0 Å². The summed E-state index contributed by atoms with van der Waals surface area (Å²) in [6.07, 6.45) is 1.92. The molecule has 0 aromatic carbocycles. The van der Waals surface area contributed by atoms with E-state index in [4.69, 9.17) is 5.11 Å². The van der Waals surface area contributed by atoms with Crippen LogP contribution < -0.4 is 0 Å². The third kappa shape index (κ3) is 2.18. The van der Waals surface area contributed by atoms with E-state index in [0.29, 0.717) is 6.42 Å². The fraction of sp³-hybridized carbons (Fsp3) is 0.429. The van der Waals surface area contributed by atoms with E-state index in [1.807, 2.05) is 18.0 Å². The Bertz CT molecular complexity index is 675. The van der Waals surface area contributed by atoms with Gasteiger partial charge in [0.15, 0.2) is 5.69 Å². The molecule has 1 aliphatic heterocycles. The standard InChI is InChI=1S/C14H14F3N3O2/c1-19-6-5-8-10(19)3-2-4-11(8)20-12(14(15,16)17)9(7-18-20)13(21)22/h2-4,7-8,11H,5-6H2,1H3,(H,21,22). The molecule has 2 aliphatic rings. The lowest BCUT2D eigenvalue weighted by molar-refractivity contribution is -0.145. The zero-order valence-electron chi connectivity index (χ0n) is 11.7. The van der Waals surface area contributed by atoms with Gasteiger partial charge in [0.1, 0.15) is 5.56 Å². The number of alkyl halides is 3. The largest absolute Gasteiger partial charge is 0.478 e. The Balaban J connectivity index is 2.08. The van der Waals surface area contributed by atoms with Gasteiger partial charge in [0.2, 0.25) is 0 Å². The number of carboxylic acids is 1. The monoisotopic (exact) mass is 313 g/mol. The molecular formula is C14H14F3N3O2. The fourth-order valence-electron chi connectivity index (χ4n) is 3.17. The van der Waals surface area contributed by atoms with Crippen LogP contribution in [0.2, 0.25) is 0 Å². The smallest absolute Gasteiger partial charge is 0.433 e. The van der Waals surface area contributed by atoms with Crippen molar-refractivity contribution in [1.29, 1.82) is 0 Å². The Morgan fingerprint density at radius 3 is 2.82 bits per heavy atom. The number of carboxylic acid groups (broad SMARTS) is 1. The number of fused-ring (bicyclic) bond motifs is 1. The van der Waals surface area contributed by atoms with Gasteiger partial charge >= 0.3 is 12.1 Å². The molecule has 0 bridgehead atoms. The van der Waals surface area contributed by atoms with E-state index in [1.165, 1.54) is 0 Å². The number of allylic oxidation sites excluding steroid dienone is 4. The summed E-state index contributed by atoms with van der Waals surface area (Å²) >= 11 is 0. The predicted octanol–water partition coefficient (Wildman–Crippen LogP) is 2.55. The average molecular weight is 313 g/mol. The minimum Gasteiger partial charge on any atom is -0.478 e. The lowest BCUT2D eigenvalue weighted by Crippen LogP contribution is -2.27. The van der Waals surface area contributed by atoms with Crippen LogP contribution in [0.15, 0.2) is 30.1 Å². The Kier molecular flexibility index (Phi) is 3.26. The maximum Gasteiger partial charge on any atom is 0.433 e. The second-order valence-corrected chi connectivity index (χ2v) is 5.44. The first-order valence-corrected chi connectivity index (χ1v) is 6.78. The first-order chi connectivity index (χ1) is 10.3. The minimum absolute atomic E-state index is 0.127. The minimum atomic E-state index is -4.77. The highest BCUT2D eigenvalue weighted by molar-refractivity contribution is 5.88. The van der Waals surface area contributed by atoms with Gasteiger partial charge in [-0.1, -0.05) is 12.2 Å². The molecule has 1 N–H and O–H groups in total. The van der Waals surface area contributed by atoms with Gasteiger partial charge in [-0.15, -0.1) is 0 Å². The molecule has 0 radical (unpaired) electrons. The molecule has 1 aromatic heterocycles. The Morgan fingerprint density at radius 1 is 1.45 bits per heavy atom. The van der Waals surface area contributed by atoms with Crippen LogP contribution in [0, 0.1) is 5.92 Å². The second-order valence-electron chi connectivity index (χ2n) is 5.44. The van der Waals surface area contributed by atoms with Crippen LogP contribution >= 0.6 is 0 Å². The van der Waals surface area contributed by atoms with Crippen LogP contribution in [0.4, 0.5) is 13.2 Å². The summed E-state index contributed by atoms with van der Waals surface area (Å²) in [6.45, 7) is 0.753. The normalized spacial score (nSPS) is 24.4. The molecule has 3 rings (SSSR count). The van der Waals surface area contributed by atoms with Gasteiger partial charge < -0.3 is 10.0 Å². The number of hydrogen-bond donors (Lipinski definition) is 1. The predicted molar refractivity (Wildman–Crippen MR) is 71.2 cm³/mol. The molecule has 118 valence electrons. The van der Waals surface area contributed by atoms with E-state index in [-0.39, 0.29) is 5.92 Å². The zero-order chi connectivity index (χ0) is 16.1. The van der Waals surface area contributed by atoms with Crippen molar-refractivity contribution >= 4 is 5.97 Å². The maximum atomic E-state index is 13.3. The van der Waals surface area contributed by atoms with E-state index < -0.39 is 29.4 Å². The molecule has 2 unspecified atom stereocenters. The number of likely N-dealkylation sites (tertiary alicyclic amines) is 1. The SMILES string of the molecule is CN1CCC2C1=CC=CC2n1ncc(C(=O)O)c1C(F)(F)F. The van der Waals surface area contributed by atoms with Gasteiger partial charge in [-0.25, -0.2) is 4.79 Å².